The van der Waals surface area contributed by atoms with E-state index in [-0.39, 0.29) is 10.7 Å². The van der Waals surface area contributed by atoms with Crippen molar-refractivity contribution in [1.29, 1.82) is 0 Å². The molecule has 8 heteroatoms. The Morgan fingerprint density at radius 2 is 1.84 bits per heavy atom. The molecule has 0 saturated carbocycles. The lowest BCUT2D eigenvalue weighted by molar-refractivity contribution is -0.319. The molecule has 2 N–H and O–H groups in total. The summed E-state index contributed by atoms with van der Waals surface area (Å²) in [6, 6.07) is 9.66. The third-order valence-corrected chi connectivity index (χ3v) is 4.47. The van der Waals surface area contributed by atoms with Crippen molar-refractivity contribution in [2.75, 3.05) is 5.32 Å². The van der Waals surface area contributed by atoms with Gasteiger partial charge in [0, 0.05) is 10.6 Å². The van der Waals surface area contributed by atoms with Gasteiger partial charge in [-0.1, -0.05) is 41.9 Å². The van der Waals surface area contributed by atoms with Gasteiger partial charge < -0.3 is 10.4 Å². The van der Waals surface area contributed by atoms with Gasteiger partial charge in [0.1, 0.15) is 0 Å². The number of anilines is 1. The van der Waals surface area contributed by atoms with E-state index in [1.54, 1.807) is 30.3 Å². The first-order valence-corrected chi connectivity index (χ1v) is 7.78. The normalized spacial score (nSPS) is 21.5. The number of aliphatic hydroxyl groups is 1. The van der Waals surface area contributed by atoms with Crippen molar-refractivity contribution in [2.24, 2.45) is 0 Å². The number of hydrogen-bond acceptors (Lipinski definition) is 2. The van der Waals surface area contributed by atoms with Crippen molar-refractivity contribution >= 4 is 23.3 Å². The molecule has 2 aromatic carbocycles. The molecule has 25 heavy (non-hydrogen) atoms. The highest BCUT2D eigenvalue weighted by Gasteiger charge is 2.64. The second-order valence-electron chi connectivity index (χ2n) is 5.75. The molecule has 0 fully saturated rings. The Kier molecular flexibility index (Phi) is 4.17. The minimum absolute atomic E-state index is 0.0184. The molecule has 0 saturated heterocycles. The Labute approximate surface area is 146 Å². The minimum atomic E-state index is -5.13. The van der Waals surface area contributed by atoms with Gasteiger partial charge in [-0.3, -0.25) is 4.90 Å². The van der Waals surface area contributed by atoms with Crippen molar-refractivity contribution in [3.63, 3.8) is 0 Å². The number of rotatable bonds is 2. The second-order valence-corrected chi connectivity index (χ2v) is 6.18. The van der Waals surface area contributed by atoms with E-state index in [1.165, 1.54) is 19.1 Å². The van der Waals surface area contributed by atoms with E-state index in [2.05, 4.69) is 5.32 Å². The minimum Gasteiger partial charge on any atom is -0.360 e. The summed E-state index contributed by atoms with van der Waals surface area (Å²) in [6.45, 7) is 1.42. The number of halogens is 4. The molecular formula is C17H14ClF3N2O2. The smallest absolute Gasteiger partial charge is 0.360 e. The van der Waals surface area contributed by atoms with E-state index >= 15 is 0 Å². The van der Waals surface area contributed by atoms with Crippen LogP contribution in [0.15, 0.2) is 48.5 Å². The number of alkyl halides is 3. The molecular weight excluding hydrogens is 357 g/mol. The number of benzene rings is 2. The van der Waals surface area contributed by atoms with Crippen LogP contribution in [0.4, 0.5) is 23.7 Å². The fourth-order valence-electron chi connectivity index (χ4n) is 2.99. The molecule has 1 aliphatic heterocycles. The van der Waals surface area contributed by atoms with E-state index in [9.17, 15) is 23.1 Å². The maximum atomic E-state index is 13.9. The van der Waals surface area contributed by atoms with Crippen LogP contribution >= 0.6 is 11.6 Å². The van der Waals surface area contributed by atoms with Gasteiger partial charge >= 0.3 is 12.2 Å². The Morgan fingerprint density at radius 1 is 1.20 bits per heavy atom. The number of carbonyl (C=O) groups excluding carboxylic acids is 1. The number of hydrogen-bond donors (Lipinski definition) is 2. The van der Waals surface area contributed by atoms with Crippen molar-refractivity contribution in [1.82, 2.24) is 4.90 Å². The van der Waals surface area contributed by atoms with Crippen molar-refractivity contribution in [3.05, 3.63) is 64.7 Å². The molecule has 2 amide bonds. The molecule has 0 aromatic heterocycles. The van der Waals surface area contributed by atoms with Gasteiger partial charge in [0.25, 0.3) is 5.72 Å². The van der Waals surface area contributed by atoms with Crippen molar-refractivity contribution in [3.8, 4) is 0 Å². The zero-order valence-corrected chi connectivity index (χ0v) is 13.8. The van der Waals surface area contributed by atoms with Gasteiger partial charge in [0.2, 0.25) is 0 Å². The van der Waals surface area contributed by atoms with Gasteiger partial charge in [-0.05, 0) is 30.7 Å². The molecule has 2 aromatic rings. The molecule has 2 atom stereocenters. The van der Waals surface area contributed by atoms with E-state index < -0.39 is 29.5 Å². The first-order valence-electron chi connectivity index (χ1n) is 7.40. The third kappa shape index (κ3) is 2.73. The third-order valence-electron chi connectivity index (χ3n) is 4.23. The van der Waals surface area contributed by atoms with Crippen LogP contribution in [-0.2, 0) is 5.72 Å². The summed E-state index contributed by atoms with van der Waals surface area (Å²) < 4.78 is 41.8. The average molecular weight is 371 g/mol. The highest BCUT2D eigenvalue weighted by atomic mass is 35.5. The first-order chi connectivity index (χ1) is 11.7. The van der Waals surface area contributed by atoms with Crippen LogP contribution in [0.2, 0.25) is 5.02 Å². The summed E-state index contributed by atoms with van der Waals surface area (Å²) in [7, 11) is 0. The van der Waals surface area contributed by atoms with Crippen LogP contribution in [0.5, 0.6) is 0 Å². The highest BCUT2D eigenvalue weighted by molar-refractivity contribution is 6.30. The van der Waals surface area contributed by atoms with E-state index in [4.69, 9.17) is 11.6 Å². The number of urea groups is 1. The van der Waals surface area contributed by atoms with Gasteiger partial charge in [0.15, 0.2) is 0 Å². The number of nitrogens with zero attached hydrogens (tertiary/aromatic N) is 1. The van der Waals surface area contributed by atoms with Crippen LogP contribution in [0.3, 0.4) is 0 Å². The standard InChI is InChI=1S/C17H14ClF3N2O2/c1-10(11-5-3-2-4-6-11)23-15(24)22-14-8-7-12(18)9-13(14)16(23,25)17(19,20)21/h2-10,25H,1H3,(H,22,24)/t10-,16-/m1/s1. The lowest BCUT2D eigenvalue weighted by atomic mass is 9.93. The molecule has 0 radical (unpaired) electrons. The summed E-state index contributed by atoms with van der Waals surface area (Å²) in [5, 5.41) is 13.1. The van der Waals surface area contributed by atoms with Crippen LogP contribution < -0.4 is 5.32 Å². The first kappa shape index (κ1) is 17.6. The molecule has 1 aliphatic rings. The molecule has 132 valence electrons. The number of fused-ring (bicyclic) bond motifs is 1. The maximum Gasteiger partial charge on any atom is 0.441 e. The van der Waals surface area contributed by atoms with Gasteiger partial charge in [-0.2, -0.15) is 13.2 Å². The molecule has 1 heterocycles. The van der Waals surface area contributed by atoms with Crippen molar-refractivity contribution in [2.45, 2.75) is 24.9 Å². The van der Waals surface area contributed by atoms with Crippen LogP contribution in [-0.4, -0.2) is 22.2 Å². The molecule has 0 spiro atoms. The van der Waals surface area contributed by atoms with Gasteiger partial charge in [-0.25, -0.2) is 4.79 Å². The lowest BCUT2D eigenvalue weighted by Crippen LogP contribution is -2.62. The van der Waals surface area contributed by atoms with Crippen molar-refractivity contribution < 1.29 is 23.1 Å². The zero-order valence-electron chi connectivity index (χ0n) is 13.0. The quantitative estimate of drug-likeness (QED) is 0.808. The molecule has 0 aliphatic carbocycles. The monoisotopic (exact) mass is 370 g/mol. The Morgan fingerprint density at radius 3 is 2.44 bits per heavy atom. The van der Waals surface area contributed by atoms with E-state index in [0.717, 1.165) is 6.07 Å². The SMILES string of the molecule is C[C@H](c1ccccc1)N1C(=O)Nc2ccc(Cl)cc2[C@@]1(O)C(F)(F)F. The van der Waals surface area contributed by atoms with Crippen LogP contribution in [0, 0.1) is 0 Å². The predicted molar refractivity (Wildman–Crippen MR) is 87.1 cm³/mol. The topological polar surface area (TPSA) is 52.6 Å². The Hall–Kier alpha value is -2.25. The molecule has 4 nitrogen and oxygen atoms in total. The summed E-state index contributed by atoms with van der Waals surface area (Å²) in [4.78, 5) is 12.8. The fraction of sp³-hybridized carbons (Fsp3) is 0.235. The fourth-order valence-corrected chi connectivity index (χ4v) is 3.16. The Balaban J connectivity index is 2.22. The van der Waals surface area contributed by atoms with E-state index in [0.29, 0.717) is 10.5 Å². The lowest BCUT2D eigenvalue weighted by Gasteiger charge is -2.47. The summed E-state index contributed by atoms with van der Waals surface area (Å²) in [6.07, 6.45) is -5.13. The van der Waals surface area contributed by atoms with Crippen LogP contribution in [0.25, 0.3) is 0 Å². The summed E-state index contributed by atoms with van der Waals surface area (Å²) in [5.74, 6) is 0. The predicted octanol–water partition coefficient (Wildman–Crippen LogP) is 4.66. The number of nitrogens with one attached hydrogen (secondary N) is 1. The van der Waals surface area contributed by atoms with E-state index in [1.807, 2.05) is 0 Å². The number of carbonyl (C=O) groups is 1. The maximum absolute atomic E-state index is 13.9. The largest absolute Gasteiger partial charge is 0.441 e. The second kappa shape index (κ2) is 5.93. The Bertz CT molecular complexity index is 813. The summed E-state index contributed by atoms with van der Waals surface area (Å²) in [5.41, 5.74) is -3.71. The average Bonchev–Trinajstić information content (AvgIpc) is 2.55. The summed E-state index contributed by atoms with van der Waals surface area (Å²) >= 11 is 5.83. The van der Waals surface area contributed by atoms with Gasteiger partial charge in [-0.15, -0.1) is 0 Å². The molecule has 0 bridgehead atoms. The molecule has 3 rings (SSSR count). The zero-order chi connectivity index (χ0) is 18.4. The number of amides is 2. The molecule has 0 unspecified atom stereocenters. The highest BCUT2D eigenvalue weighted by Crippen LogP contribution is 2.50. The van der Waals surface area contributed by atoms with Gasteiger partial charge in [0.05, 0.1) is 11.7 Å². The van der Waals surface area contributed by atoms with Crippen LogP contribution in [0.1, 0.15) is 24.1 Å².